The maximum Gasteiger partial charge on any atom is 0.244 e. The van der Waals surface area contributed by atoms with E-state index < -0.39 is 10.0 Å². The monoisotopic (exact) mass is 383 g/mol. The standard InChI is InChI=1S/C19H17N3O2S2/c20-12-14-6-1-4-10-18(14)26(23,24)22-11-5-7-15(13-22)19-21-16-8-2-3-9-17(16)25-19/h1-4,6,8-10,15H,5,7,11,13H2. The Morgan fingerprint density at radius 3 is 2.73 bits per heavy atom. The Bertz CT molecular complexity index is 1070. The molecule has 2 heterocycles. The van der Waals surface area contributed by atoms with E-state index >= 15 is 0 Å². The van der Waals surface area contributed by atoms with Gasteiger partial charge in [0.1, 0.15) is 6.07 Å². The van der Waals surface area contributed by atoms with Crippen molar-refractivity contribution in [2.45, 2.75) is 23.7 Å². The molecule has 0 amide bonds. The highest BCUT2D eigenvalue weighted by atomic mass is 32.2. The molecule has 1 aliphatic rings. The van der Waals surface area contributed by atoms with E-state index in [1.807, 2.05) is 30.3 Å². The van der Waals surface area contributed by atoms with Crippen molar-refractivity contribution in [2.24, 2.45) is 0 Å². The molecule has 5 nitrogen and oxygen atoms in total. The summed E-state index contributed by atoms with van der Waals surface area (Å²) in [6.07, 6.45) is 1.71. The molecule has 4 rings (SSSR count). The number of thiazole rings is 1. The van der Waals surface area contributed by atoms with Crippen LogP contribution in [0.2, 0.25) is 0 Å². The number of benzene rings is 2. The van der Waals surface area contributed by atoms with Crippen LogP contribution in [-0.2, 0) is 10.0 Å². The summed E-state index contributed by atoms with van der Waals surface area (Å²) in [6, 6.07) is 16.3. The van der Waals surface area contributed by atoms with Gasteiger partial charge in [0.25, 0.3) is 0 Å². The Kier molecular flexibility index (Phi) is 4.49. The topological polar surface area (TPSA) is 74.1 Å². The van der Waals surface area contributed by atoms with Crippen molar-refractivity contribution in [2.75, 3.05) is 13.1 Å². The van der Waals surface area contributed by atoms with Crippen molar-refractivity contribution in [1.82, 2.24) is 9.29 Å². The Morgan fingerprint density at radius 1 is 1.15 bits per heavy atom. The van der Waals surface area contributed by atoms with E-state index in [1.54, 1.807) is 29.5 Å². The molecule has 3 aromatic rings. The van der Waals surface area contributed by atoms with Crippen molar-refractivity contribution in [3.8, 4) is 6.07 Å². The van der Waals surface area contributed by atoms with Gasteiger partial charge in [-0.2, -0.15) is 9.57 Å². The number of sulfonamides is 1. The third kappa shape index (κ3) is 3.01. The van der Waals surface area contributed by atoms with Crippen molar-refractivity contribution >= 4 is 31.6 Å². The molecule has 1 unspecified atom stereocenters. The van der Waals surface area contributed by atoms with Gasteiger partial charge in [-0.25, -0.2) is 13.4 Å². The lowest BCUT2D eigenvalue weighted by Gasteiger charge is -2.31. The highest BCUT2D eigenvalue weighted by Gasteiger charge is 2.33. The number of aromatic nitrogens is 1. The van der Waals surface area contributed by atoms with Gasteiger partial charge >= 0.3 is 0 Å². The van der Waals surface area contributed by atoms with Gasteiger partial charge in [0.2, 0.25) is 10.0 Å². The maximum atomic E-state index is 13.1. The van der Waals surface area contributed by atoms with Gasteiger partial charge in [0.05, 0.1) is 25.7 Å². The van der Waals surface area contributed by atoms with Gasteiger partial charge in [-0.1, -0.05) is 24.3 Å². The minimum atomic E-state index is -3.69. The molecule has 2 aromatic carbocycles. The number of nitriles is 1. The predicted octanol–water partition coefficient (Wildman–Crippen LogP) is 3.74. The summed E-state index contributed by atoms with van der Waals surface area (Å²) in [4.78, 5) is 4.79. The lowest BCUT2D eigenvalue weighted by atomic mass is 10.0. The molecule has 0 saturated carbocycles. The van der Waals surface area contributed by atoms with Gasteiger partial charge in [-0.15, -0.1) is 11.3 Å². The zero-order valence-corrected chi connectivity index (χ0v) is 15.6. The average Bonchev–Trinajstić information content (AvgIpc) is 3.12. The SMILES string of the molecule is N#Cc1ccccc1S(=O)(=O)N1CCCC(c2nc3ccccc3s2)C1. The van der Waals surface area contributed by atoms with Crippen molar-refractivity contribution in [3.05, 3.63) is 59.1 Å². The zero-order valence-electron chi connectivity index (χ0n) is 14.0. The number of hydrogen-bond donors (Lipinski definition) is 0. The number of nitrogens with zero attached hydrogens (tertiary/aromatic N) is 3. The van der Waals surface area contributed by atoms with Crippen molar-refractivity contribution in [1.29, 1.82) is 5.26 Å². The molecule has 132 valence electrons. The normalized spacial score (nSPS) is 18.7. The second-order valence-corrected chi connectivity index (χ2v) is 9.30. The van der Waals surface area contributed by atoms with E-state index in [-0.39, 0.29) is 16.4 Å². The van der Waals surface area contributed by atoms with E-state index in [9.17, 15) is 13.7 Å². The summed E-state index contributed by atoms with van der Waals surface area (Å²) in [5, 5.41) is 10.2. The number of piperidine rings is 1. The summed E-state index contributed by atoms with van der Waals surface area (Å²) in [7, 11) is -3.69. The van der Waals surface area contributed by atoms with Crippen LogP contribution in [-0.4, -0.2) is 30.8 Å². The molecule has 1 aromatic heterocycles. The van der Waals surface area contributed by atoms with Crippen LogP contribution in [0.3, 0.4) is 0 Å². The molecule has 1 atom stereocenters. The van der Waals surface area contributed by atoms with Crippen molar-refractivity contribution in [3.63, 3.8) is 0 Å². The van der Waals surface area contributed by atoms with Crippen LogP contribution in [0.5, 0.6) is 0 Å². The first-order valence-electron chi connectivity index (χ1n) is 8.44. The maximum absolute atomic E-state index is 13.1. The minimum Gasteiger partial charge on any atom is -0.241 e. The number of fused-ring (bicyclic) bond motifs is 1. The lowest BCUT2D eigenvalue weighted by Crippen LogP contribution is -2.39. The molecule has 1 aliphatic heterocycles. The molecular formula is C19H17N3O2S2. The van der Waals surface area contributed by atoms with Crippen LogP contribution in [0.4, 0.5) is 0 Å². The van der Waals surface area contributed by atoms with E-state index in [2.05, 4.69) is 0 Å². The molecule has 0 spiro atoms. The van der Waals surface area contributed by atoms with Gasteiger partial charge < -0.3 is 0 Å². The first-order valence-corrected chi connectivity index (χ1v) is 10.7. The smallest absolute Gasteiger partial charge is 0.241 e. The molecule has 0 bridgehead atoms. The Balaban J connectivity index is 1.65. The molecule has 26 heavy (non-hydrogen) atoms. The summed E-state index contributed by atoms with van der Waals surface area (Å²) in [5.74, 6) is 0.0881. The van der Waals surface area contributed by atoms with E-state index in [4.69, 9.17) is 4.98 Å². The van der Waals surface area contributed by atoms with Crippen LogP contribution in [0.25, 0.3) is 10.2 Å². The Labute approximate surface area is 156 Å². The first kappa shape index (κ1) is 17.2. The van der Waals surface area contributed by atoms with Crippen LogP contribution in [0.1, 0.15) is 29.3 Å². The molecule has 0 radical (unpaired) electrons. The third-order valence-corrected chi connectivity index (χ3v) is 7.79. The quantitative estimate of drug-likeness (QED) is 0.691. The average molecular weight is 383 g/mol. The van der Waals surface area contributed by atoms with E-state index in [0.717, 1.165) is 28.1 Å². The fourth-order valence-electron chi connectivity index (χ4n) is 3.35. The van der Waals surface area contributed by atoms with Crippen molar-refractivity contribution < 1.29 is 8.42 Å². The second kappa shape index (κ2) is 6.80. The summed E-state index contributed by atoms with van der Waals surface area (Å²) in [6.45, 7) is 0.880. The van der Waals surface area contributed by atoms with Gasteiger partial charge in [0, 0.05) is 19.0 Å². The molecule has 0 N–H and O–H groups in total. The second-order valence-electron chi connectivity index (χ2n) is 6.33. The summed E-state index contributed by atoms with van der Waals surface area (Å²) >= 11 is 1.63. The van der Waals surface area contributed by atoms with E-state index in [0.29, 0.717) is 13.1 Å². The molecular weight excluding hydrogens is 366 g/mol. The Morgan fingerprint density at radius 2 is 1.92 bits per heavy atom. The van der Waals surface area contributed by atoms with Crippen LogP contribution >= 0.6 is 11.3 Å². The number of rotatable bonds is 3. The fraction of sp³-hybridized carbons (Fsp3) is 0.263. The van der Waals surface area contributed by atoms with Gasteiger partial charge in [-0.05, 0) is 37.1 Å². The van der Waals surface area contributed by atoms with Gasteiger partial charge in [0.15, 0.2) is 0 Å². The lowest BCUT2D eigenvalue weighted by molar-refractivity contribution is 0.315. The Hall–Kier alpha value is -2.27. The third-order valence-electron chi connectivity index (χ3n) is 4.67. The summed E-state index contributed by atoms with van der Waals surface area (Å²) < 4.78 is 28.8. The van der Waals surface area contributed by atoms with Gasteiger partial charge in [-0.3, -0.25) is 0 Å². The highest BCUT2D eigenvalue weighted by Crippen LogP contribution is 2.35. The first-order chi connectivity index (χ1) is 12.6. The van der Waals surface area contributed by atoms with Crippen LogP contribution < -0.4 is 0 Å². The zero-order chi connectivity index (χ0) is 18.1. The number of hydrogen-bond acceptors (Lipinski definition) is 5. The minimum absolute atomic E-state index is 0.0881. The van der Waals surface area contributed by atoms with E-state index in [1.165, 1.54) is 10.4 Å². The number of para-hydroxylation sites is 1. The fourth-order valence-corrected chi connectivity index (χ4v) is 6.11. The van der Waals surface area contributed by atoms with Crippen LogP contribution in [0, 0.1) is 11.3 Å². The summed E-state index contributed by atoms with van der Waals surface area (Å²) in [5.41, 5.74) is 1.15. The largest absolute Gasteiger partial charge is 0.244 e. The molecule has 0 aliphatic carbocycles. The highest BCUT2D eigenvalue weighted by molar-refractivity contribution is 7.89. The molecule has 7 heteroatoms. The molecule has 1 saturated heterocycles. The molecule has 1 fully saturated rings. The predicted molar refractivity (Wildman–Crippen MR) is 102 cm³/mol. The van der Waals surface area contributed by atoms with Crippen LogP contribution in [0.15, 0.2) is 53.4 Å².